The Bertz CT molecular complexity index is 900. The van der Waals surface area contributed by atoms with Crippen LogP contribution in [0.5, 0.6) is 23.0 Å². The molecule has 32 heavy (non-hydrogen) atoms. The number of unbranched alkanes of at least 4 members (excludes halogenated alkanes) is 1. The van der Waals surface area contributed by atoms with E-state index in [-0.39, 0.29) is 17.8 Å². The van der Waals surface area contributed by atoms with Gasteiger partial charge in [0.1, 0.15) is 0 Å². The van der Waals surface area contributed by atoms with Gasteiger partial charge < -0.3 is 29.4 Å². The molecule has 0 aliphatic carbocycles. The lowest BCUT2D eigenvalue weighted by molar-refractivity contribution is -0.141. The summed E-state index contributed by atoms with van der Waals surface area (Å²) in [5, 5.41) is 0. The van der Waals surface area contributed by atoms with Crippen LogP contribution in [0.2, 0.25) is 0 Å². The van der Waals surface area contributed by atoms with Crippen LogP contribution in [0.3, 0.4) is 0 Å². The molecule has 1 heterocycles. The van der Waals surface area contributed by atoms with Crippen LogP contribution in [-0.2, 0) is 22.4 Å². The summed E-state index contributed by atoms with van der Waals surface area (Å²) < 4.78 is 27.5. The van der Waals surface area contributed by atoms with Crippen LogP contribution in [0.15, 0.2) is 36.4 Å². The van der Waals surface area contributed by atoms with Gasteiger partial charge in [0.05, 0.1) is 40.5 Å². The zero-order valence-corrected chi connectivity index (χ0v) is 19.1. The van der Waals surface area contributed by atoms with E-state index >= 15 is 0 Å². The fourth-order valence-electron chi connectivity index (χ4n) is 4.01. The highest BCUT2D eigenvalue weighted by Crippen LogP contribution is 2.35. The van der Waals surface area contributed by atoms with Crippen molar-refractivity contribution in [3.05, 3.63) is 47.5 Å². The summed E-state index contributed by atoms with van der Waals surface area (Å²) in [7, 11) is 4.85. The Morgan fingerprint density at radius 1 is 0.875 bits per heavy atom. The van der Waals surface area contributed by atoms with Crippen LogP contribution in [0.25, 0.3) is 0 Å². The van der Waals surface area contributed by atoms with E-state index in [1.54, 1.807) is 21.3 Å². The van der Waals surface area contributed by atoms with E-state index < -0.39 is 0 Å². The van der Waals surface area contributed by atoms with Gasteiger partial charge in [0, 0.05) is 5.92 Å². The molecule has 0 saturated carbocycles. The Kier molecular flexibility index (Phi) is 8.62. The number of hydrogen-bond donors (Lipinski definition) is 1. The smallest absolute Gasteiger partial charge is 0.309 e. The number of hydrogen-bond acceptors (Lipinski definition) is 7. The zero-order chi connectivity index (χ0) is 22.9. The van der Waals surface area contributed by atoms with Gasteiger partial charge >= 0.3 is 5.97 Å². The van der Waals surface area contributed by atoms with Gasteiger partial charge in [0.15, 0.2) is 23.0 Å². The molecule has 1 aliphatic heterocycles. The average Bonchev–Trinajstić information content (AvgIpc) is 3.15. The van der Waals surface area contributed by atoms with Crippen LogP contribution in [0.4, 0.5) is 0 Å². The lowest BCUT2D eigenvalue weighted by Gasteiger charge is -2.18. The van der Waals surface area contributed by atoms with Gasteiger partial charge in [-0.1, -0.05) is 12.1 Å². The number of esters is 1. The van der Waals surface area contributed by atoms with Gasteiger partial charge in [-0.15, -0.1) is 0 Å². The van der Waals surface area contributed by atoms with Crippen molar-refractivity contribution in [3.63, 3.8) is 0 Å². The van der Waals surface area contributed by atoms with Gasteiger partial charge in [0.2, 0.25) is 0 Å². The minimum atomic E-state index is -0.218. The molecular formula is C25H33NO6. The van der Waals surface area contributed by atoms with E-state index in [4.69, 9.17) is 29.4 Å². The first-order chi connectivity index (χ1) is 15.6. The second-order valence-electron chi connectivity index (χ2n) is 7.92. The molecule has 3 rings (SSSR count). The third-order valence-electron chi connectivity index (χ3n) is 5.80. The normalized spacial score (nSPS) is 17.7. The molecule has 0 bridgehead atoms. The van der Waals surface area contributed by atoms with Crippen molar-refractivity contribution in [2.45, 2.75) is 25.7 Å². The van der Waals surface area contributed by atoms with Crippen LogP contribution in [0.1, 0.15) is 24.0 Å². The Balaban J connectivity index is 1.69. The highest BCUT2D eigenvalue weighted by atomic mass is 16.5. The van der Waals surface area contributed by atoms with Crippen LogP contribution in [-0.4, -0.2) is 47.1 Å². The quantitative estimate of drug-likeness (QED) is 0.397. The molecule has 2 unspecified atom stereocenters. The Labute approximate surface area is 189 Å². The maximum Gasteiger partial charge on any atom is 0.309 e. The van der Waals surface area contributed by atoms with Crippen LogP contribution in [0, 0.1) is 11.8 Å². The molecule has 174 valence electrons. The Morgan fingerprint density at radius 3 is 2.16 bits per heavy atom. The summed E-state index contributed by atoms with van der Waals surface area (Å²) >= 11 is 0. The first kappa shape index (κ1) is 23.7. The lowest BCUT2D eigenvalue weighted by atomic mass is 9.85. The molecule has 0 radical (unpaired) electrons. The van der Waals surface area contributed by atoms with E-state index in [2.05, 4.69) is 0 Å². The highest BCUT2D eigenvalue weighted by molar-refractivity contribution is 5.75. The number of rotatable bonds is 12. The minimum Gasteiger partial charge on any atom is -0.493 e. The van der Waals surface area contributed by atoms with E-state index in [0.29, 0.717) is 49.2 Å². The fraction of sp³-hybridized carbons (Fsp3) is 0.480. The number of ether oxygens (including phenoxy) is 5. The van der Waals surface area contributed by atoms with Crippen molar-refractivity contribution < 1.29 is 28.5 Å². The van der Waals surface area contributed by atoms with Crippen molar-refractivity contribution in [2.24, 2.45) is 17.6 Å². The number of cyclic esters (lactones) is 1. The van der Waals surface area contributed by atoms with Gasteiger partial charge in [-0.3, -0.25) is 4.79 Å². The highest BCUT2D eigenvalue weighted by Gasteiger charge is 2.37. The average molecular weight is 444 g/mol. The standard InChI is InChI=1S/C25H33NO6/c1-28-21-8-6-17(14-23(21)29-2)12-19-16-32-25(27)20(19)13-18-7-9-22(24(15-18)30-3)31-11-5-4-10-26/h6-9,14-15,19-20H,4-5,10-13,16,26H2,1-3H3. The summed E-state index contributed by atoms with van der Waals surface area (Å²) in [6.45, 7) is 1.66. The van der Waals surface area contributed by atoms with E-state index in [1.807, 2.05) is 36.4 Å². The molecule has 2 aromatic rings. The van der Waals surface area contributed by atoms with Gasteiger partial charge in [-0.2, -0.15) is 0 Å². The molecule has 1 aliphatic rings. The number of carbonyl (C=O) groups excluding carboxylic acids is 1. The van der Waals surface area contributed by atoms with Crippen molar-refractivity contribution in [3.8, 4) is 23.0 Å². The van der Waals surface area contributed by atoms with Crippen LogP contribution < -0.4 is 24.7 Å². The molecule has 2 atom stereocenters. The second kappa shape index (κ2) is 11.6. The summed E-state index contributed by atoms with van der Waals surface area (Å²) in [5.41, 5.74) is 7.62. The molecule has 0 spiro atoms. The molecule has 0 amide bonds. The molecular weight excluding hydrogens is 410 g/mol. The Hall–Kier alpha value is -2.93. The molecule has 1 fully saturated rings. The summed E-state index contributed by atoms with van der Waals surface area (Å²) in [4.78, 5) is 12.5. The molecule has 2 N–H and O–H groups in total. The van der Waals surface area contributed by atoms with E-state index in [9.17, 15) is 4.79 Å². The maximum atomic E-state index is 12.5. The van der Waals surface area contributed by atoms with E-state index in [0.717, 1.165) is 30.4 Å². The number of carbonyl (C=O) groups is 1. The SMILES string of the molecule is COc1ccc(CC2COC(=O)C2Cc2ccc(OCCCCN)c(OC)c2)cc1OC. The van der Waals surface area contributed by atoms with Crippen molar-refractivity contribution in [1.82, 2.24) is 0 Å². The van der Waals surface area contributed by atoms with Gasteiger partial charge in [0.25, 0.3) is 0 Å². The van der Waals surface area contributed by atoms with Gasteiger partial charge in [-0.05, 0) is 67.6 Å². The number of methoxy groups -OCH3 is 3. The molecule has 1 saturated heterocycles. The Morgan fingerprint density at radius 2 is 1.50 bits per heavy atom. The first-order valence-electron chi connectivity index (χ1n) is 11.0. The monoisotopic (exact) mass is 443 g/mol. The van der Waals surface area contributed by atoms with Crippen molar-refractivity contribution >= 4 is 5.97 Å². The van der Waals surface area contributed by atoms with Crippen molar-refractivity contribution in [2.75, 3.05) is 41.1 Å². The summed E-state index contributed by atoms with van der Waals surface area (Å²) in [6.07, 6.45) is 3.12. The largest absolute Gasteiger partial charge is 0.493 e. The topological polar surface area (TPSA) is 89.2 Å². The van der Waals surface area contributed by atoms with E-state index in [1.165, 1.54) is 0 Å². The zero-order valence-electron chi connectivity index (χ0n) is 19.1. The number of nitrogens with two attached hydrogens (primary N) is 1. The summed E-state index contributed by atoms with van der Waals surface area (Å²) in [5.74, 6) is 2.43. The van der Waals surface area contributed by atoms with Crippen LogP contribution >= 0.6 is 0 Å². The molecule has 0 aromatic heterocycles. The predicted molar refractivity (Wildman–Crippen MR) is 122 cm³/mol. The third kappa shape index (κ3) is 5.85. The van der Waals surface area contributed by atoms with Gasteiger partial charge in [-0.25, -0.2) is 0 Å². The van der Waals surface area contributed by atoms with Crippen molar-refractivity contribution in [1.29, 1.82) is 0 Å². The summed E-state index contributed by atoms with van der Waals surface area (Å²) in [6, 6.07) is 11.7. The molecule has 7 heteroatoms. The molecule has 2 aromatic carbocycles. The first-order valence-corrected chi connectivity index (χ1v) is 11.0. The third-order valence-corrected chi connectivity index (χ3v) is 5.80. The predicted octanol–water partition coefficient (Wildman–Crippen LogP) is 3.40. The second-order valence-corrected chi connectivity index (χ2v) is 7.92. The minimum absolute atomic E-state index is 0.0822. The maximum absolute atomic E-state index is 12.5. The fourth-order valence-corrected chi connectivity index (χ4v) is 4.01. The molecule has 7 nitrogen and oxygen atoms in total. The lowest BCUT2D eigenvalue weighted by Crippen LogP contribution is -2.20. The number of benzene rings is 2.